The van der Waals surface area contributed by atoms with Crippen molar-refractivity contribution in [3.05, 3.63) is 59.7 Å². The Labute approximate surface area is 163 Å². The molecule has 7 nitrogen and oxygen atoms in total. The van der Waals surface area contributed by atoms with Gasteiger partial charge in [-0.25, -0.2) is 4.79 Å². The molecule has 2 rings (SSSR count). The quantitative estimate of drug-likeness (QED) is 0.745. The zero-order valence-electron chi connectivity index (χ0n) is 15.8. The van der Waals surface area contributed by atoms with E-state index in [1.165, 1.54) is 11.8 Å². The van der Waals surface area contributed by atoms with Crippen molar-refractivity contribution in [2.45, 2.75) is 20.3 Å². The van der Waals surface area contributed by atoms with Gasteiger partial charge < -0.3 is 15.0 Å². The Balaban J connectivity index is 2.05. The second-order valence-corrected chi connectivity index (χ2v) is 5.89. The zero-order valence-corrected chi connectivity index (χ0v) is 15.8. The molecule has 1 N–H and O–H groups in total. The summed E-state index contributed by atoms with van der Waals surface area (Å²) in [5.41, 5.74) is 1.72. The smallest absolute Gasteiger partial charge is 0.340 e. The fraction of sp³-hybridized carbons (Fsp3) is 0.238. The minimum Gasteiger partial charge on any atom is -0.462 e. The highest BCUT2D eigenvalue weighted by atomic mass is 16.5. The molecule has 0 radical (unpaired) electrons. The van der Waals surface area contributed by atoms with Crippen LogP contribution in [0, 0.1) is 11.3 Å². The number of esters is 1. The molecule has 0 atom stereocenters. The maximum absolute atomic E-state index is 12.4. The molecule has 0 spiro atoms. The van der Waals surface area contributed by atoms with E-state index in [9.17, 15) is 14.4 Å². The SMILES string of the molecule is CCOC(=O)c1ccccc1NC(=O)CCN(C(C)=O)c1ccc(C#N)cc1. The van der Waals surface area contributed by atoms with Gasteiger partial charge >= 0.3 is 5.97 Å². The number of hydrogen-bond acceptors (Lipinski definition) is 5. The van der Waals surface area contributed by atoms with Crippen LogP contribution in [0.2, 0.25) is 0 Å². The highest BCUT2D eigenvalue weighted by Crippen LogP contribution is 2.18. The number of anilines is 2. The second-order valence-electron chi connectivity index (χ2n) is 5.89. The fourth-order valence-electron chi connectivity index (χ4n) is 2.59. The molecule has 0 saturated heterocycles. The van der Waals surface area contributed by atoms with Crippen LogP contribution in [0.3, 0.4) is 0 Å². The summed E-state index contributed by atoms with van der Waals surface area (Å²) in [6.07, 6.45) is 0.0384. The van der Waals surface area contributed by atoms with Crippen LogP contribution in [0.25, 0.3) is 0 Å². The average Bonchev–Trinajstić information content (AvgIpc) is 2.69. The lowest BCUT2D eigenvalue weighted by atomic mass is 10.1. The lowest BCUT2D eigenvalue weighted by molar-refractivity contribution is -0.117. The first-order chi connectivity index (χ1) is 13.5. The number of nitrogens with one attached hydrogen (secondary N) is 1. The average molecular weight is 379 g/mol. The van der Waals surface area contributed by atoms with Gasteiger partial charge in [0.2, 0.25) is 11.8 Å². The third kappa shape index (κ3) is 5.42. The van der Waals surface area contributed by atoms with E-state index in [0.717, 1.165) is 0 Å². The molecule has 28 heavy (non-hydrogen) atoms. The molecule has 0 unspecified atom stereocenters. The summed E-state index contributed by atoms with van der Waals surface area (Å²) < 4.78 is 4.99. The highest BCUT2D eigenvalue weighted by Gasteiger charge is 2.16. The number of rotatable bonds is 7. The van der Waals surface area contributed by atoms with Gasteiger partial charge in [-0.15, -0.1) is 0 Å². The minimum absolute atomic E-state index is 0.0384. The molecule has 7 heteroatoms. The number of nitriles is 1. The van der Waals surface area contributed by atoms with E-state index in [-0.39, 0.29) is 37.0 Å². The van der Waals surface area contributed by atoms with Gasteiger partial charge in [-0.1, -0.05) is 12.1 Å². The maximum Gasteiger partial charge on any atom is 0.340 e. The molecule has 2 aromatic rings. The number of ether oxygens (including phenoxy) is 1. The van der Waals surface area contributed by atoms with Gasteiger partial charge in [0.15, 0.2) is 0 Å². The van der Waals surface area contributed by atoms with Gasteiger partial charge in [0.1, 0.15) is 0 Å². The number of carbonyl (C=O) groups excluding carboxylic acids is 3. The first kappa shape index (κ1) is 20.6. The third-order valence-corrected chi connectivity index (χ3v) is 3.95. The number of hydrogen-bond donors (Lipinski definition) is 1. The van der Waals surface area contributed by atoms with E-state index in [0.29, 0.717) is 16.9 Å². The molecule has 0 heterocycles. The summed E-state index contributed by atoms with van der Waals surface area (Å²) in [6.45, 7) is 3.51. The molecule has 2 amide bonds. The van der Waals surface area contributed by atoms with Crippen LogP contribution in [0.4, 0.5) is 11.4 Å². The van der Waals surface area contributed by atoms with E-state index in [4.69, 9.17) is 10.00 Å². The summed E-state index contributed by atoms with van der Waals surface area (Å²) in [4.78, 5) is 37.8. The Kier molecular flexibility index (Phi) is 7.28. The molecular formula is C21H21N3O4. The predicted octanol–water partition coefficient (Wildman–Crippen LogP) is 3.12. The van der Waals surface area contributed by atoms with Crippen molar-refractivity contribution in [3.8, 4) is 6.07 Å². The normalized spacial score (nSPS) is 9.89. The van der Waals surface area contributed by atoms with Crippen molar-refractivity contribution < 1.29 is 19.1 Å². The highest BCUT2D eigenvalue weighted by molar-refractivity contribution is 6.01. The van der Waals surface area contributed by atoms with E-state index < -0.39 is 5.97 Å². The summed E-state index contributed by atoms with van der Waals surface area (Å²) >= 11 is 0. The molecule has 2 aromatic carbocycles. The van der Waals surface area contributed by atoms with Crippen LogP contribution in [0.1, 0.15) is 36.2 Å². The standard InChI is InChI=1S/C21H21N3O4/c1-3-28-21(27)18-6-4-5-7-19(18)23-20(26)12-13-24(15(2)25)17-10-8-16(14-22)9-11-17/h4-11H,3,12-13H2,1-2H3,(H,23,26). The van der Waals surface area contributed by atoms with Gasteiger partial charge in [0.05, 0.1) is 29.5 Å². The summed E-state index contributed by atoms with van der Waals surface area (Å²) in [5.74, 6) is -1.07. The van der Waals surface area contributed by atoms with E-state index in [1.807, 2.05) is 6.07 Å². The number of nitrogens with zero attached hydrogens (tertiary/aromatic N) is 2. The topological polar surface area (TPSA) is 99.5 Å². The monoisotopic (exact) mass is 379 g/mol. The Bertz CT molecular complexity index is 901. The van der Waals surface area contributed by atoms with Crippen LogP contribution >= 0.6 is 0 Å². The molecule has 0 saturated carbocycles. The van der Waals surface area contributed by atoms with E-state index in [1.54, 1.807) is 55.5 Å². The van der Waals surface area contributed by atoms with Crippen molar-refractivity contribution >= 4 is 29.2 Å². The van der Waals surface area contributed by atoms with Crippen molar-refractivity contribution in [3.63, 3.8) is 0 Å². The number of carbonyl (C=O) groups is 3. The number of benzene rings is 2. The molecule has 144 valence electrons. The van der Waals surface area contributed by atoms with Crippen LogP contribution < -0.4 is 10.2 Å². The number of amides is 2. The van der Waals surface area contributed by atoms with Crippen LogP contribution in [-0.2, 0) is 14.3 Å². The fourth-order valence-corrected chi connectivity index (χ4v) is 2.59. The third-order valence-electron chi connectivity index (χ3n) is 3.95. The van der Waals surface area contributed by atoms with Crippen LogP contribution in [-0.4, -0.2) is 30.9 Å². The Morgan fingerprint density at radius 1 is 1.11 bits per heavy atom. The second kappa shape index (κ2) is 9.88. The molecular weight excluding hydrogens is 358 g/mol. The maximum atomic E-state index is 12.4. The number of para-hydroxylation sites is 1. The van der Waals surface area contributed by atoms with Crippen molar-refractivity contribution in [1.29, 1.82) is 5.26 Å². The molecule has 0 fully saturated rings. The zero-order chi connectivity index (χ0) is 20.5. The van der Waals surface area contributed by atoms with Crippen molar-refractivity contribution in [1.82, 2.24) is 0 Å². The Morgan fingerprint density at radius 2 is 1.79 bits per heavy atom. The lowest BCUT2D eigenvalue weighted by Gasteiger charge is -2.21. The summed E-state index contributed by atoms with van der Waals surface area (Å²) in [5, 5.41) is 11.6. The van der Waals surface area contributed by atoms with Gasteiger partial charge in [0, 0.05) is 25.6 Å². The molecule has 0 bridgehead atoms. The first-order valence-corrected chi connectivity index (χ1v) is 8.80. The minimum atomic E-state index is -0.513. The van der Waals surface area contributed by atoms with Gasteiger partial charge in [-0.2, -0.15) is 5.26 Å². The van der Waals surface area contributed by atoms with E-state index in [2.05, 4.69) is 5.32 Å². The van der Waals surface area contributed by atoms with Crippen LogP contribution in [0.5, 0.6) is 0 Å². The van der Waals surface area contributed by atoms with Gasteiger partial charge in [-0.3, -0.25) is 9.59 Å². The van der Waals surface area contributed by atoms with E-state index >= 15 is 0 Å². The van der Waals surface area contributed by atoms with Gasteiger partial charge in [-0.05, 0) is 43.3 Å². The van der Waals surface area contributed by atoms with Gasteiger partial charge in [0.25, 0.3) is 0 Å². The largest absolute Gasteiger partial charge is 0.462 e. The summed E-state index contributed by atoms with van der Waals surface area (Å²) in [6, 6.07) is 15.1. The van der Waals surface area contributed by atoms with Crippen molar-refractivity contribution in [2.24, 2.45) is 0 Å². The molecule has 0 aromatic heterocycles. The van der Waals surface area contributed by atoms with Crippen molar-refractivity contribution in [2.75, 3.05) is 23.4 Å². The lowest BCUT2D eigenvalue weighted by Crippen LogP contribution is -2.32. The molecule has 0 aliphatic heterocycles. The Morgan fingerprint density at radius 3 is 2.39 bits per heavy atom. The summed E-state index contributed by atoms with van der Waals surface area (Å²) in [7, 11) is 0. The Hall–Kier alpha value is -3.66. The molecule has 0 aliphatic carbocycles. The van der Waals surface area contributed by atoms with Crippen LogP contribution in [0.15, 0.2) is 48.5 Å². The molecule has 0 aliphatic rings. The first-order valence-electron chi connectivity index (χ1n) is 8.80. The predicted molar refractivity (Wildman–Crippen MR) is 105 cm³/mol.